The fourth-order valence-corrected chi connectivity index (χ4v) is 1.65. The molecule has 0 aliphatic carbocycles. The highest BCUT2D eigenvalue weighted by molar-refractivity contribution is 5.71. The average Bonchev–Trinajstić information content (AvgIpc) is 2.17. The molecule has 3 heteroatoms. The summed E-state index contributed by atoms with van der Waals surface area (Å²) in [5, 5.41) is 15.7. The molecular weight excluding hydrogens is 176 g/mol. The summed E-state index contributed by atoms with van der Waals surface area (Å²) in [5.41, 5.74) is 3.70. The van der Waals surface area contributed by atoms with E-state index in [1.54, 1.807) is 0 Å². The number of aliphatic hydroxyl groups is 1. The van der Waals surface area contributed by atoms with E-state index in [0.717, 1.165) is 18.7 Å². The van der Waals surface area contributed by atoms with Gasteiger partial charge in [0, 0.05) is 29.5 Å². The minimum atomic E-state index is 0.169. The zero-order chi connectivity index (χ0) is 9.97. The molecule has 1 aliphatic rings. The van der Waals surface area contributed by atoms with Crippen LogP contribution in [0.4, 0.5) is 11.4 Å². The average molecular weight is 192 g/mol. The summed E-state index contributed by atoms with van der Waals surface area (Å²) in [6, 6.07) is 6.33. The van der Waals surface area contributed by atoms with Gasteiger partial charge in [0.05, 0.1) is 6.61 Å². The fourth-order valence-electron chi connectivity index (χ4n) is 1.65. The maximum Gasteiger partial charge on any atom is 0.0632 e. The van der Waals surface area contributed by atoms with Crippen LogP contribution in [0.5, 0.6) is 0 Å². The van der Waals surface area contributed by atoms with Gasteiger partial charge >= 0.3 is 0 Å². The molecule has 3 nitrogen and oxygen atoms in total. The van der Waals surface area contributed by atoms with Gasteiger partial charge in [0.1, 0.15) is 0 Å². The van der Waals surface area contributed by atoms with Crippen molar-refractivity contribution in [3.05, 3.63) is 23.8 Å². The number of aliphatic hydroxyl groups excluding tert-OH is 1. The maximum absolute atomic E-state index is 9.09. The number of benzene rings is 1. The second kappa shape index (κ2) is 3.88. The van der Waals surface area contributed by atoms with E-state index in [1.807, 2.05) is 6.07 Å². The van der Waals surface area contributed by atoms with E-state index in [9.17, 15) is 0 Å². The Kier molecular flexibility index (Phi) is 2.59. The van der Waals surface area contributed by atoms with Crippen LogP contribution in [-0.4, -0.2) is 17.8 Å². The van der Waals surface area contributed by atoms with Gasteiger partial charge < -0.3 is 15.7 Å². The molecule has 0 amide bonds. The molecular formula is C11H16N2O. The predicted molar refractivity (Wildman–Crippen MR) is 58.6 cm³/mol. The topological polar surface area (TPSA) is 44.3 Å². The summed E-state index contributed by atoms with van der Waals surface area (Å²) in [6.07, 6.45) is 0.938. The number of rotatable bonds is 4. The van der Waals surface area contributed by atoms with Crippen molar-refractivity contribution >= 4 is 11.4 Å². The molecule has 3 N–H and O–H groups in total. The second-order valence-corrected chi connectivity index (χ2v) is 3.62. The van der Waals surface area contributed by atoms with Crippen molar-refractivity contribution in [2.24, 2.45) is 0 Å². The maximum atomic E-state index is 9.09. The molecule has 0 saturated heterocycles. The van der Waals surface area contributed by atoms with Crippen molar-refractivity contribution in [2.75, 3.05) is 17.2 Å². The zero-order valence-electron chi connectivity index (χ0n) is 8.38. The third-order valence-corrected chi connectivity index (χ3v) is 2.70. The van der Waals surface area contributed by atoms with Gasteiger partial charge in [0.2, 0.25) is 0 Å². The van der Waals surface area contributed by atoms with Crippen LogP contribution in [-0.2, 0) is 6.54 Å². The van der Waals surface area contributed by atoms with E-state index in [1.165, 1.54) is 11.3 Å². The Hall–Kier alpha value is -1.22. The molecule has 0 radical (unpaired) electrons. The first-order chi connectivity index (χ1) is 6.85. The van der Waals surface area contributed by atoms with Crippen LogP contribution < -0.4 is 10.6 Å². The van der Waals surface area contributed by atoms with Crippen molar-refractivity contribution in [2.45, 2.75) is 25.9 Å². The van der Waals surface area contributed by atoms with Crippen LogP contribution in [0.25, 0.3) is 0 Å². The number of hydrogen-bond donors (Lipinski definition) is 3. The molecule has 1 aromatic carbocycles. The van der Waals surface area contributed by atoms with Crippen LogP contribution in [0.2, 0.25) is 0 Å². The van der Waals surface area contributed by atoms with Crippen LogP contribution in [0, 0.1) is 0 Å². The van der Waals surface area contributed by atoms with Crippen LogP contribution >= 0.6 is 0 Å². The van der Waals surface area contributed by atoms with Gasteiger partial charge in [0.15, 0.2) is 0 Å². The Balaban J connectivity index is 2.13. The third-order valence-electron chi connectivity index (χ3n) is 2.70. The molecule has 1 aliphatic heterocycles. The molecule has 1 atom stereocenters. The molecule has 0 aromatic heterocycles. The monoisotopic (exact) mass is 192 g/mol. The van der Waals surface area contributed by atoms with Gasteiger partial charge in [-0.2, -0.15) is 0 Å². The Morgan fingerprint density at radius 3 is 3.00 bits per heavy atom. The Labute approximate surface area is 84.1 Å². The summed E-state index contributed by atoms with van der Waals surface area (Å²) in [4.78, 5) is 0. The molecule has 0 bridgehead atoms. The highest BCUT2D eigenvalue weighted by Crippen LogP contribution is 2.32. The van der Waals surface area contributed by atoms with Gasteiger partial charge in [0.25, 0.3) is 0 Å². The summed E-state index contributed by atoms with van der Waals surface area (Å²) in [5.74, 6) is 0. The van der Waals surface area contributed by atoms with Gasteiger partial charge in [-0.15, -0.1) is 0 Å². The lowest BCUT2D eigenvalue weighted by Crippen LogP contribution is -2.25. The number of anilines is 2. The van der Waals surface area contributed by atoms with E-state index in [2.05, 4.69) is 29.7 Å². The molecule has 2 rings (SSSR count). The molecule has 0 fully saturated rings. The standard InChI is InChI=1S/C11H16N2O/c1-2-8(7-14)13-11-5-3-4-10-9(11)6-12-10/h3-5,8,12-14H,2,6-7H2,1H3. The molecule has 0 saturated carbocycles. The summed E-state index contributed by atoms with van der Waals surface area (Å²) >= 11 is 0. The van der Waals surface area contributed by atoms with Crippen LogP contribution in [0.3, 0.4) is 0 Å². The Bertz CT molecular complexity index is 321. The Morgan fingerprint density at radius 1 is 1.57 bits per heavy atom. The van der Waals surface area contributed by atoms with Crippen molar-refractivity contribution in [3.8, 4) is 0 Å². The molecule has 1 aromatic rings. The molecule has 1 heterocycles. The SMILES string of the molecule is CCC(CO)Nc1cccc2c1CN2. The van der Waals surface area contributed by atoms with E-state index in [0.29, 0.717) is 0 Å². The predicted octanol–water partition coefficient (Wildman–Crippen LogP) is 1.79. The van der Waals surface area contributed by atoms with Gasteiger partial charge in [-0.3, -0.25) is 0 Å². The van der Waals surface area contributed by atoms with Gasteiger partial charge in [-0.25, -0.2) is 0 Å². The largest absolute Gasteiger partial charge is 0.394 e. The lowest BCUT2D eigenvalue weighted by Gasteiger charge is -2.27. The molecule has 0 spiro atoms. The smallest absolute Gasteiger partial charge is 0.0632 e. The van der Waals surface area contributed by atoms with Crippen molar-refractivity contribution in [1.82, 2.24) is 0 Å². The molecule has 1 unspecified atom stereocenters. The summed E-state index contributed by atoms with van der Waals surface area (Å²) in [7, 11) is 0. The van der Waals surface area contributed by atoms with E-state index < -0.39 is 0 Å². The highest BCUT2D eigenvalue weighted by Gasteiger charge is 2.16. The van der Waals surface area contributed by atoms with Crippen LogP contribution in [0.1, 0.15) is 18.9 Å². The second-order valence-electron chi connectivity index (χ2n) is 3.62. The lowest BCUT2D eigenvalue weighted by molar-refractivity contribution is 0.272. The summed E-state index contributed by atoms with van der Waals surface area (Å²) < 4.78 is 0. The van der Waals surface area contributed by atoms with E-state index in [4.69, 9.17) is 5.11 Å². The van der Waals surface area contributed by atoms with E-state index in [-0.39, 0.29) is 12.6 Å². The van der Waals surface area contributed by atoms with E-state index >= 15 is 0 Å². The summed E-state index contributed by atoms with van der Waals surface area (Å²) in [6.45, 7) is 3.19. The fraction of sp³-hybridized carbons (Fsp3) is 0.455. The number of nitrogens with one attached hydrogen (secondary N) is 2. The van der Waals surface area contributed by atoms with Crippen molar-refractivity contribution < 1.29 is 5.11 Å². The first-order valence-electron chi connectivity index (χ1n) is 5.08. The minimum absolute atomic E-state index is 0.169. The van der Waals surface area contributed by atoms with Crippen LogP contribution in [0.15, 0.2) is 18.2 Å². The van der Waals surface area contributed by atoms with Crippen molar-refractivity contribution in [3.63, 3.8) is 0 Å². The van der Waals surface area contributed by atoms with Gasteiger partial charge in [-0.1, -0.05) is 13.0 Å². The first kappa shape index (κ1) is 9.34. The quantitative estimate of drug-likeness (QED) is 0.681. The Morgan fingerprint density at radius 2 is 2.43 bits per heavy atom. The normalized spacial score (nSPS) is 15.0. The number of hydrogen-bond acceptors (Lipinski definition) is 3. The molecule has 76 valence electrons. The third kappa shape index (κ3) is 1.55. The number of fused-ring (bicyclic) bond motifs is 1. The lowest BCUT2D eigenvalue weighted by atomic mass is 10.0. The zero-order valence-corrected chi connectivity index (χ0v) is 8.38. The minimum Gasteiger partial charge on any atom is -0.394 e. The first-order valence-corrected chi connectivity index (χ1v) is 5.08. The molecule has 14 heavy (non-hydrogen) atoms. The van der Waals surface area contributed by atoms with Gasteiger partial charge in [-0.05, 0) is 18.6 Å². The highest BCUT2D eigenvalue weighted by atomic mass is 16.3. The van der Waals surface area contributed by atoms with Crippen molar-refractivity contribution in [1.29, 1.82) is 0 Å².